The van der Waals surface area contributed by atoms with Gasteiger partial charge in [-0.25, -0.2) is 4.68 Å². The third kappa shape index (κ3) is 2.54. The van der Waals surface area contributed by atoms with Crippen LogP contribution in [-0.2, 0) is 11.3 Å². The first-order chi connectivity index (χ1) is 7.79. The van der Waals surface area contributed by atoms with Crippen LogP contribution in [0.1, 0.15) is 12.8 Å². The molecule has 1 aliphatic rings. The van der Waals surface area contributed by atoms with Crippen LogP contribution in [0.4, 0.5) is 0 Å². The fourth-order valence-corrected chi connectivity index (χ4v) is 1.86. The Hall–Kier alpha value is -1.50. The van der Waals surface area contributed by atoms with Gasteiger partial charge in [0.2, 0.25) is 5.91 Å². The molecule has 1 aliphatic heterocycles. The number of aliphatic hydroxyl groups excluding tert-OH is 1. The first-order valence-electron chi connectivity index (χ1n) is 5.39. The smallest absolute Gasteiger partial charge is 0.244 e. The van der Waals surface area contributed by atoms with Crippen LogP contribution in [0.15, 0.2) is 6.33 Å². The average Bonchev–Trinajstić information content (AvgIpc) is 2.82. The van der Waals surface area contributed by atoms with Gasteiger partial charge in [0.25, 0.3) is 0 Å². The van der Waals surface area contributed by atoms with Gasteiger partial charge in [-0.3, -0.25) is 4.79 Å². The minimum atomic E-state index is 0.0312. The van der Waals surface area contributed by atoms with Gasteiger partial charge < -0.3 is 10.0 Å². The summed E-state index contributed by atoms with van der Waals surface area (Å²) in [6, 6.07) is 0. The molecule has 1 aromatic heterocycles. The molecular weight excluding hydrogens is 210 g/mol. The number of amides is 1. The van der Waals surface area contributed by atoms with E-state index >= 15 is 0 Å². The van der Waals surface area contributed by atoms with E-state index in [-0.39, 0.29) is 19.1 Å². The third-order valence-corrected chi connectivity index (χ3v) is 2.91. The minimum Gasteiger partial charge on any atom is -0.396 e. The molecule has 0 saturated carbocycles. The van der Waals surface area contributed by atoms with Crippen LogP contribution in [0.5, 0.6) is 0 Å². The van der Waals surface area contributed by atoms with Gasteiger partial charge in [0.1, 0.15) is 12.9 Å². The maximum atomic E-state index is 11.8. The lowest BCUT2D eigenvalue weighted by atomic mass is 9.98. The van der Waals surface area contributed by atoms with Crippen LogP contribution < -0.4 is 0 Å². The van der Waals surface area contributed by atoms with Gasteiger partial charge in [0.05, 0.1) is 0 Å². The number of aliphatic hydroxyl groups is 1. The first kappa shape index (κ1) is 11.0. The number of tetrazole rings is 1. The lowest BCUT2D eigenvalue weighted by Gasteiger charge is -2.30. The molecule has 0 atom stereocenters. The minimum absolute atomic E-state index is 0.0312. The molecule has 1 N–H and O–H groups in total. The molecule has 7 heteroatoms. The standard InChI is InChI=1S/C9H15N5O2/c15-6-8-1-3-13(4-2-8)9(16)5-14-7-10-11-12-14/h7-8,15H,1-6H2. The van der Waals surface area contributed by atoms with Crippen molar-refractivity contribution in [1.29, 1.82) is 0 Å². The van der Waals surface area contributed by atoms with Crippen molar-refractivity contribution >= 4 is 5.91 Å². The Bertz CT molecular complexity index is 332. The van der Waals surface area contributed by atoms with Gasteiger partial charge in [-0.1, -0.05) is 0 Å². The topological polar surface area (TPSA) is 84.1 Å². The number of carbonyl (C=O) groups is 1. The van der Waals surface area contributed by atoms with Crippen molar-refractivity contribution in [2.75, 3.05) is 19.7 Å². The van der Waals surface area contributed by atoms with E-state index < -0.39 is 0 Å². The van der Waals surface area contributed by atoms with Crippen LogP contribution in [0, 0.1) is 5.92 Å². The zero-order valence-electron chi connectivity index (χ0n) is 8.99. The monoisotopic (exact) mass is 225 g/mol. The van der Waals surface area contributed by atoms with E-state index in [1.165, 1.54) is 11.0 Å². The van der Waals surface area contributed by atoms with Crippen molar-refractivity contribution in [3.8, 4) is 0 Å². The predicted molar refractivity (Wildman–Crippen MR) is 54.2 cm³/mol. The summed E-state index contributed by atoms with van der Waals surface area (Å²) in [5, 5.41) is 19.6. The number of hydrogen-bond donors (Lipinski definition) is 1. The van der Waals surface area contributed by atoms with Gasteiger partial charge >= 0.3 is 0 Å². The summed E-state index contributed by atoms with van der Waals surface area (Å²) in [5.41, 5.74) is 0. The molecule has 0 aromatic carbocycles. The predicted octanol–water partition coefficient (Wildman–Crippen LogP) is -1.10. The molecular formula is C9H15N5O2. The molecule has 2 heterocycles. The molecule has 0 aliphatic carbocycles. The molecule has 1 fully saturated rings. The number of carbonyl (C=O) groups excluding carboxylic acids is 1. The first-order valence-corrected chi connectivity index (χ1v) is 5.39. The van der Waals surface area contributed by atoms with Gasteiger partial charge in [0, 0.05) is 19.7 Å². The van der Waals surface area contributed by atoms with Crippen molar-refractivity contribution in [3.05, 3.63) is 6.33 Å². The van der Waals surface area contributed by atoms with Crippen LogP contribution in [0.25, 0.3) is 0 Å². The lowest BCUT2D eigenvalue weighted by molar-refractivity contribution is -0.133. The number of nitrogens with zero attached hydrogens (tertiary/aromatic N) is 5. The summed E-state index contributed by atoms with van der Waals surface area (Å²) in [6.07, 6.45) is 3.17. The third-order valence-electron chi connectivity index (χ3n) is 2.91. The molecule has 16 heavy (non-hydrogen) atoms. The maximum Gasteiger partial charge on any atom is 0.244 e. The Morgan fingerprint density at radius 3 is 2.75 bits per heavy atom. The molecule has 0 radical (unpaired) electrons. The molecule has 1 saturated heterocycles. The van der Waals surface area contributed by atoms with Crippen LogP contribution in [-0.4, -0.2) is 55.8 Å². The second-order valence-electron chi connectivity index (χ2n) is 4.01. The summed E-state index contributed by atoms with van der Waals surface area (Å²) in [7, 11) is 0. The van der Waals surface area contributed by atoms with Crippen molar-refractivity contribution in [2.45, 2.75) is 19.4 Å². The van der Waals surface area contributed by atoms with Crippen molar-refractivity contribution < 1.29 is 9.90 Å². The van der Waals surface area contributed by atoms with E-state index in [1.807, 2.05) is 0 Å². The highest BCUT2D eigenvalue weighted by Gasteiger charge is 2.22. The van der Waals surface area contributed by atoms with E-state index in [0.29, 0.717) is 19.0 Å². The highest BCUT2D eigenvalue weighted by molar-refractivity contribution is 5.75. The second-order valence-corrected chi connectivity index (χ2v) is 4.01. The quantitative estimate of drug-likeness (QED) is 0.706. The molecule has 0 unspecified atom stereocenters. The second kappa shape index (κ2) is 5.02. The average molecular weight is 225 g/mol. The SMILES string of the molecule is O=C(Cn1cnnn1)N1CCC(CO)CC1. The molecule has 2 rings (SSSR count). The van der Waals surface area contributed by atoms with Gasteiger partial charge in [-0.2, -0.15) is 0 Å². The van der Waals surface area contributed by atoms with Gasteiger partial charge in [-0.05, 0) is 29.2 Å². The molecule has 0 bridgehead atoms. The fourth-order valence-electron chi connectivity index (χ4n) is 1.86. The Morgan fingerprint density at radius 1 is 1.44 bits per heavy atom. The van der Waals surface area contributed by atoms with Gasteiger partial charge in [0.15, 0.2) is 0 Å². The summed E-state index contributed by atoms with van der Waals surface area (Å²) < 4.78 is 1.42. The summed E-state index contributed by atoms with van der Waals surface area (Å²) in [6.45, 7) is 1.84. The van der Waals surface area contributed by atoms with Crippen molar-refractivity contribution in [1.82, 2.24) is 25.1 Å². The van der Waals surface area contributed by atoms with E-state index in [0.717, 1.165) is 12.8 Å². The summed E-state index contributed by atoms with van der Waals surface area (Å²) in [4.78, 5) is 13.6. The number of aromatic nitrogens is 4. The van der Waals surface area contributed by atoms with E-state index in [9.17, 15) is 4.79 Å². The Morgan fingerprint density at radius 2 is 2.19 bits per heavy atom. The number of likely N-dealkylation sites (tertiary alicyclic amines) is 1. The highest BCUT2D eigenvalue weighted by Crippen LogP contribution is 2.16. The molecule has 1 aromatic rings. The van der Waals surface area contributed by atoms with Crippen molar-refractivity contribution in [3.63, 3.8) is 0 Å². The molecule has 88 valence electrons. The maximum absolute atomic E-state index is 11.8. The molecule has 0 spiro atoms. The van der Waals surface area contributed by atoms with E-state index in [1.54, 1.807) is 4.90 Å². The summed E-state index contributed by atoms with van der Waals surface area (Å²) >= 11 is 0. The number of rotatable bonds is 3. The largest absolute Gasteiger partial charge is 0.396 e. The zero-order chi connectivity index (χ0) is 11.4. The molecule has 1 amide bonds. The van der Waals surface area contributed by atoms with Gasteiger partial charge in [-0.15, -0.1) is 5.10 Å². The number of piperidine rings is 1. The normalized spacial score (nSPS) is 17.7. The van der Waals surface area contributed by atoms with Crippen LogP contribution >= 0.6 is 0 Å². The van der Waals surface area contributed by atoms with E-state index in [2.05, 4.69) is 15.5 Å². The van der Waals surface area contributed by atoms with Crippen LogP contribution in [0.2, 0.25) is 0 Å². The Balaban J connectivity index is 1.82. The fraction of sp³-hybridized carbons (Fsp3) is 0.778. The summed E-state index contributed by atoms with van der Waals surface area (Å²) in [5.74, 6) is 0.376. The van der Waals surface area contributed by atoms with E-state index in [4.69, 9.17) is 5.11 Å². The van der Waals surface area contributed by atoms with Crippen LogP contribution in [0.3, 0.4) is 0 Å². The molecule has 7 nitrogen and oxygen atoms in total. The Labute approximate surface area is 93.0 Å². The highest BCUT2D eigenvalue weighted by atomic mass is 16.3. The van der Waals surface area contributed by atoms with Crippen molar-refractivity contribution in [2.24, 2.45) is 5.92 Å². The Kier molecular flexibility index (Phi) is 3.45. The lowest BCUT2D eigenvalue weighted by Crippen LogP contribution is -2.40. The zero-order valence-corrected chi connectivity index (χ0v) is 8.99. The number of hydrogen-bond acceptors (Lipinski definition) is 5.